The number of ether oxygens (including phenoxy) is 1. The zero-order chi connectivity index (χ0) is 12.4. The SMILES string of the molecule is Cc1ccc2ccn(CCN3CCOCC3)c2c1. The molecule has 0 bridgehead atoms. The summed E-state index contributed by atoms with van der Waals surface area (Å²) in [6.45, 7) is 8.22. The first-order chi connectivity index (χ1) is 8.83. The van der Waals surface area contributed by atoms with E-state index in [0.29, 0.717) is 0 Å². The minimum atomic E-state index is 0.880. The number of fused-ring (bicyclic) bond motifs is 1. The highest BCUT2D eigenvalue weighted by Crippen LogP contribution is 2.17. The van der Waals surface area contributed by atoms with E-state index >= 15 is 0 Å². The number of rotatable bonds is 3. The van der Waals surface area contributed by atoms with Gasteiger partial charge in [0.25, 0.3) is 0 Å². The van der Waals surface area contributed by atoms with E-state index in [2.05, 4.69) is 46.9 Å². The summed E-state index contributed by atoms with van der Waals surface area (Å²) in [6.07, 6.45) is 2.20. The first-order valence-electron chi connectivity index (χ1n) is 6.68. The maximum Gasteiger partial charge on any atom is 0.0594 e. The van der Waals surface area contributed by atoms with E-state index in [1.807, 2.05) is 0 Å². The van der Waals surface area contributed by atoms with Crippen LogP contribution in [0.2, 0.25) is 0 Å². The molecule has 1 aromatic heterocycles. The third kappa shape index (κ3) is 2.42. The van der Waals surface area contributed by atoms with Gasteiger partial charge in [-0.2, -0.15) is 0 Å². The Morgan fingerprint density at radius 1 is 1.11 bits per heavy atom. The van der Waals surface area contributed by atoms with Crippen LogP contribution in [0.15, 0.2) is 30.5 Å². The highest BCUT2D eigenvalue weighted by atomic mass is 16.5. The monoisotopic (exact) mass is 244 g/mol. The topological polar surface area (TPSA) is 17.4 Å². The molecular weight excluding hydrogens is 224 g/mol. The quantitative estimate of drug-likeness (QED) is 0.824. The molecule has 3 rings (SSSR count). The van der Waals surface area contributed by atoms with E-state index in [1.165, 1.54) is 16.5 Å². The average molecular weight is 244 g/mol. The van der Waals surface area contributed by atoms with Gasteiger partial charge in [-0.05, 0) is 30.0 Å². The second-order valence-corrected chi connectivity index (χ2v) is 5.03. The highest BCUT2D eigenvalue weighted by Gasteiger charge is 2.10. The number of nitrogens with zero attached hydrogens (tertiary/aromatic N) is 2. The molecule has 3 heteroatoms. The number of hydrogen-bond donors (Lipinski definition) is 0. The molecule has 0 unspecified atom stereocenters. The fraction of sp³-hybridized carbons (Fsp3) is 0.467. The van der Waals surface area contributed by atoms with Gasteiger partial charge in [-0.1, -0.05) is 12.1 Å². The molecule has 2 aromatic rings. The zero-order valence-corrected chi connectivity index (χ0v) is 10.9. The Hall–Kier alpha value is -1.32. The van der Waals surface area contributed by atoms with Crippen molar-refractivity contribution in [2.45, 2.75) is 13.5 Å². The maximum atomic E-state index is 5.37. The second kappa shape index (κ2) is 5.12. The fourth-order valence-corrected chi connectivity index (χ4v) is 2.56. The first-order valence-corrected chi connectivity index (χ1v) is 6.68. The number of hydrogen-bond acceptors (Lipinski definition) is 2. The van der Waals surface area contributed by atoms with E-state index in [0.717, 1.165) is 39.4 Å². The van der Waals surface area contributed by atoms with Crippen LogP contribution in [0, 0.1) is 6.92 Å². The zero-order valence-electron chi connectivity index (χ0n) is 10.9. The lowest BCUT2D eigenvalue weighted by Crippen LogP contribution is -2.38. The number of benzene rings is 1. The Bertz CT molecular complexity index is 526. The Morgan fingerprint density at radius 2 is 1.94 bits per heavy atom. The van der Waals surface area contributed by atoms with Crippen molar-refractivity contribution in [3.63, 3.8) is 0 Å². The predicted octanol–water partition coefficient (Wildman–Crippen LogP) is 2.28. The van der Waals surface area contributed by atoms with Crippen LogP contribution in [0.4, 0.5) is 0 Å². The molecule has 0 amide bonds. The molecule has 0 saturated carbocycles. The Labute approximate surface area is 108 Å². The summed E-state index contributed by atoms with van der Waals surface area (Å²) < 4.78 is 7.73. The molecule has 0 radical (unpaired) electrons. The van der Waals surface area contributed by atoms with Gasteiger partial charge in [-0.15, -0.1) is 0 Å². The molecule has 0 N–H and O–H groups in total. The van der Waals surface area contributed by atoms with Crippen LogP contribution in [-0.4, -0.2) is 42.3 Å². The van der Waals surface area contributed by atoms with Gasteiger partial charge in [0, 0.05) is 37.9 Å². The van der Waals surface area contributed by atoms with Crippen molar-refractivity contribution in [2.75, 3.05) is 32.8 Å². The van der Waals surface area contributed by atoms with Crippen LogP contribution < -0.4 is 0 Å². The second-order valence-electron chi connectivity index (χ2n) is 5.03. The smallest absolute Gasteiger partial charge is 0.0594 e. The summed E-state index contributed by atoms with van der Waals surface area (Å²) in [5.74, 6) is 0. The predicted molar refractivity (Wildman–Crippen MR) is 73.9 cm³/mol. The summed E-state index contributed by atoms with van der Waals surface area (Å²) in [4.78, 5) is 2.48. The third-order valence-corrected chi connectivity index (χ3v) is 3.69. The largest absolute Gasteiger partial charge is 0.379 e. The number of morpholine rings is 1. The van der Waals surface area contributed by atoms with E-state index in [9.17, 15) is 0 Å². The van der Waals surface area contributed by atoms with E-state index < -0.39 is 0 Å². The highest BCUT2D eigenvalue weighted by molar-refractivity contribution is 5.80. The molecule has 0 atom stereocenters. The molecule has 18 heavy (non-hydrogen) atoms. The molecule has 1 aliphatic rings. The van der Waals surface area contributed by atoms with Gasteiger partial charge in [0.15, 0.2) is 0 Å². The molecule has 0 aliphatic carbocycles. The van der Waals surface area contributed by atoms with Gasteiger partial charge in [-0.3, -0.25) is 4.90 Å². The number of aromatic nitrogens is 1. The lowest BCUT2D eigenvalue weighted by Gasteiger charge is -2.26. The summed E-state index contributed by atoms with van der Waals surface area (Å²) >= 11 is 0. The van der Waals surface area contributed by atoms with E-state index in [4.69, 9.17) is 4.74 Å². The van der Waals surface area contributed by atoms with Gasteiger partial charge in [-0.25, -0.2) is 0 Å². The maximum absolute atomic E-state index is 5.37. The minimum absolute atomic E-state index is 0.880. The average Bonchev–Trinajstić information content (AvgIpc) is 2.80. The molecule has 1 aliphatic heterocycles. The lowest BCUT2D eigenvalue weighted by molar-refractivity contribution is 0.0365. The summed E-state index contributed by atoms with van der Waals surface area (Å²) in [6, 6.07) is 8.85. The van der Waals surface area contributed by atoms with Crippen molar-refractivity contribution in [3.8, 4) is 0 Å². The normalized spacial score (nSPS) is 17.4. The Kier molecular flexibility index (Phi) is 3.35. The summed E-state index contributed by atoms with van der Waals surface area (Å²) in [7, 11) is 0. The Morgan fingerprint density at radius 3 is 2.78 bits per heavy atom. The number of aryl methyl sites for hydroxylation is 1. The fourth-order valence-electron chi connectivity index (χ4n) is 2.56. The van der Waals surface area contributed by atoms with Crippen LogP contribution in [0.5, 0.6) is 0 Å². The van der Waals surface area contributed by atoms with E-state index in [1.54, 1.807) is 0 Å². The van der Waals surface area contributed by atoms with Crippen LogP contribution >= 0.6 is 0 Å². The molecule has 1 saturated heterocycles. The summed E-state index contributed by atoms with van der Waals surface area (Å²) in [5.41, 5.74) is 2.68. The minimum Gasteiger partial charge on any atom is -0.379 e. The molecule has 0 spiro atoms. The van der Waals surface area contributed by atoms with Crippen molar-refractivity contribution in [3.05, 3.63) is 36.0 Å². The summed E-state index contributed by atoms with van der Waals surface area (Å²) in [5, 5.41) is 1.34. The molecule has 2 heterocycles. The molecule has 96 valence electrons. The lowest BCUT2D eigenvalue weighted by atomic mass is 10.2. The third-order valence-electron chi connectivity index (χ3n) is 3.69. The van der Waals surface area contributed by atoms with Crippen molar-refractivity contribution in [1.82, 2.24) is 9.47 Å². The molecule has 3 nitrogen and oxygen atoms in total. The first kappa shape index (κ1) is 11.8. The van der Waals surface area contributed by atoms with Gasteiger partial charge in [0.1, 0.15) is 0 Å². The standard InChI is InChI=1S/C15H20N2O/c1-13-2-3-14-4-5-17(15(14)12-13)7-6-16-8-10-18-11-9-16/h2-5,12H,6-11H2,1H3. The van der Waals surface area contributed by atoms with Gasteiger partial charge >= 0.3 is 0 Å². The van der Waals surface area contributed by atoms with Crippen LogP contribution in [0.25, 0.3) is 10.9 Å². The van der Waals surface area contributed by atoms with E-state index in [-0.39, 0.29) is 0 Å². The van der Waals surface area contributed by atoms with Crippen molar-refractivity contribution in [2.24, 2.45) is 0 Å². The Balaban J connectivity index is 1.72. The van der Waals surface area contributed by atoms with Crippen molar-refractivity contribution >= 4 is 10.9 Å². The van der Waals surface area contributed by atoms with Gasteiger partial charge in [0.2, 0.25) is 0 Å². The van der Waals surface area contributed by atoms with Crippen molar-refractivity contribution < 1.29 is 4.74 Å². The van der Waals surface area contributed by atoms with Crippen molar-refractivity contribution in [1.29, 1.82) is 0 Å². The van der Waals surface area contributed by atoms with Crippen LogP contribution in [-0.2, 0) is 11.3 Å². The van der Waals surface area contributed by atoms with Crippen LogP contribution in [0.3, 0.4) is 0 Å². The molecule has 1 aromatic carbocycles. The van der Waals surface area contributed by atoms with Gasteiger partial charge < -0.3 is 9.30 Å². The van der Waals surface area contributed by atoms with Gasteiger partial charge in [0.05, 0.1) is 13.2 Å². The molecular formula is C15H20N2O. The van der Waals surface area contributed by atoms with Crippen LogP contribution in [0.1, 0.15) is 5.56 Å². The molecule has 1 fully saturated rings.